The van der Waals surface area contributed by atoms with E-state index in [1.807, 2.05) is 6.92 Å². The first-order chi connectivity index (χ1) is 10.1. The third-order valence-corrected chi connectivity index (χ3v) is 4.05. The van der Waals surface area contributed by atoms with Crippen molar-refractivity contribution in [3.8, 4) is 0 Å². The molecule has 22 heavy (non-hydrogen) atoms. The second-order valence-corrected chi connectivity index (χ2v) is 5.98. The summed E-state index contributed by atoms with van der Waals surface area (Å²) in [7, 11) is 0. The second-order valence-electron chi connectivity index (χ2n) is 5.12. The average Bonchev–Trinajstić information content (AvgIpc) is 2.88. The van der Waals surface area contributed by atoms with Crippen LogP contribution in [0.15, 0.2) is 27.7 Å². The summed E-state index contributed by atoms with van der Waals surface area (Å²) in [6.07, 6.45) is 1.28. The van der Waals surface area contributed by atoms with Gasteiger partial charge in [0, 0.05) is 26.2 Å². The molecule has 0 bridgehead atoms. The molecule has 1 aromatic carbocycles. The van der Waals surface area contributed by atoms with Gasteiger partial charge in [0.2, 0.25) is 0 Å². The molecule has 0 aromatic heterocycles. The van der Waals surface area contributed by atoms with Gasteiger partial charge in [-0.3, -0.25) is 4.99 Å². The van der Waals surface area contributed by atoms with E-state index in [1.165, 1.54) is 6.07 Å². The molecule has 2 rings (SSSR count). The van der Waals surface area contributed by atoms with Crippen molar-refractivity contribution >= 4 is 45.9 Å². The van der Waals surface area contributed by atoms with Gasteiger partial charge < -0.3 is 15.3 Å². The minimum absolute atomic E-state index is 0. The van der Waals surface area contributed by atoms with Gasteiger partial charge in [-0.15, -0.1) is 24.0 Å². The number of aliphatic hydroxyl groups excluding tert-OH is 1. The van der Waals surface area contributed by atoms with Crippen molar-refractivity contribution in [3.63, 3.8) is 0 Å². The molecule has 0 aliphatic carbocycles. The number of rotatable bonds is 4. The number of aliphatic hydroxyl groups is 1. The van der Waals surface area contributed by atoms with Gasteiger partial charge in [-0.2, -0.15) is 0 Å². The van der Waals surface area contributed by atoms with Gasteiger partial charge in [-0.05, 0) is 53.4 Å². The smallest absolute Gasteiger partial charge is 0.194 e. The highest BCUT2D eigenvalue weighted by Gasteiger charge is 2.22. The Balaban J connectivity index is 0.00000242. The van der Waals surface area contributed by atoms with Crippen molar-refractivity contribution in [2.75, 3.05) is 26.2 Å². The summed E-state index contributed by atoms with van der Waals surface area (Å²) in [6.45, 7) is 4.92. The minimum atomic E-state index is -0.262. The van der Waals surface area contributed by atoms with Crippen LogP contribution in [0, 0.1) is 5.82 Å². The first-order valence-corrected chi connectivity index (χ1v) is 8.04. The zero-order valence-electron chi connectivity index (χ0n) is 12.6. The van der Waals surface area contributed by atoms with E-state index < -0.39 is 0 Å². The van der Waals surface area contributed by atoms with Crippen LogP contribution in [-0.4, -0.2) is 48.2 Å². The van der Waals surface area contributed by atoms with E-state index in [4.69, 9.17) is 0 Å². The predicted octanol–water partition coefficient (Wildman–Crippen LogP) is 2.78. The minimum Gasteiger partial charge on any atom is -0.391 e. The lowest BCUT2D eigenvalue weighted by molar-refractivity contribution is 0.188. The molecule has 1 atom stereocenters. The van der Waals surface area contributed by atoms with E-state index in [1.54, 1.807) is 12.1 Å². The van der Waals surface area contributed by atoms with Gasteiger partial charge in [0.25, 0.3) is 0 Å². The number of likely N-dealkylation sites (tertiary alicyclic amines) is 1. The van der Waals surface area contributed by atoms with E-state index in [9.17, 15) is 9.50 Å². The molecule has 124 valence electrons. The fraction of sp³-hybridized carbons (Fsp3) is 0.533. The van der Waals surface area contributed by atoms with Crippen LogP contribution in [0.5, 0.6) is 0 Å². The van der Waals surface area contributed by atoms with Gasteiger partial charge in [0.1, 0.15) is 5.82 Å². The van der Waals surface area contributed by atoms with Crippen LogP contribution in [0.25, 0.3) is 0 Å². The summed E-state index contributed by atoms with van der Waals surface area (Å²) in [5.41, 5.74) is 1.05. The highest BCUT2D eigenvalue weighted by molar-refractivity contribution is 14.0. The number of benzene rings is 1. The van der Waals surface area contributed by atoms with E-state index in [-0.39, 0.29) is 35.9 Å². The molecule has 1 aliphatic rings. The molecule has 1 heterocycles. The van der Waals surface area contributed by atoms with Crippen molar-refractivity contribution < 1.29 is 9.50 Å². The van der Waals surface area contributed by atoms with E-state index in [2.05, 4.69) is 31.1 Å². The summed E-state index contributed by atoms with van der Waals surface area (Å²) >= 11 is 3.19. The Kier molecular flexibility index (Phi) is 8.63. The highest BCUT2D eigenvalue weighted by atomic mass is 127. The molecular weight excluding hydrogens is 464 g/mol. The van der Waals surface area contributed by atoms with Crippen LogP contribution in [0.2, 0.25) is 0 Å². The van der Waals surface area contributed by atoms with Crippen LogP contribution in [0.4, 0.5) is 4.39 Å². The number of nitrogens with one attached hydrogen (secondary N) is 1. The maximum absolute atomic E-state index is 13.2. The van der Waals surface area contributed by atoms with Crippen molar-refractivity contribution in [3.05, 3.63) is 34.1 Å². The first-order valence-electron chi connectivity index (χ1n) is 7.25. The molecular formula is C15H22BrFIN3O. The Bertz CT molecular complexity index is 516. The summed E-state index contributed by atoms with van der Waals surface area (Å²) in [6, 6.07) is 5.03. The van der Waals surface area contributed by atoms with E-state index in [0.717, 1.165) is 37.5 Å². The maximum atomic E-state index is 13.2. The molecule has 1 aliphatic heterocycles. The molecule has 4 nitrogen and oxygen atoms in total. The molecule has 7 heteroatoms. The fourth-order valence-electron chi connectivity index (χ4n) is 2.35. The van der Waals surface area contributed by atoms with Gasteiger partial charge >= 0.3 is 0 Å². The lowest BCUT2D eigenvalue weighted by atomic mass is 10.1. The Morgan fingerprint density at radius 3 is 2.91 bits per heavy atom. The Morgan fingerprint density at radius 2 is 2.32 bits per heavy atom. The van der Waals surface area contributed by atoms with Crippen molar-refractivity contribution in [1.82, 2.24) is 10.2 Å². The van der Waals surface area contributed by atoms with Crippen LogP contribution >= 0.6 is 39.9 Å². The summed E-state index contributed by atoms with van der Waals surface area (Å²) in [5.74, 6) is 0.594. The largest absolute Gasteiger partial charge is 0.391 e. The third-order valence-electron chi connectivity index (χ3n) is 3.44. The SMILES string of the molecule is CCNC(=NCCc1ccc(F)c(Br)c1)N1CC[C@@H](O)C1.I. The van der Waals surface area contributed by atoms with E-state index in [0.29, 0.717) is 17.6 Å². The Hall–Kier alpha value is -0.410. The summed E-state index contributed by atoms with van der Waals surface area (Å²) in [4.78, 5) is 6.67. The Labute approximate surface area is 156 Å². The molecule has 0 radical (unpaired) electrons. The number of aliphatic imine (C=N–C) groups is 1. The van der Waals surface area contributed by atoms with Gasteiger partial charge in [0.05, 0.1) is 10.6 Å². The standard InChI is InChI=1S/C15H21BrFN3O.HI/c1-2-18-15(20-8-6-12(21)10-20)19-7-5-11-3-4-14(17)13(16)9-11;/h3-4,9,12,21H,2,5-8,10H2,1H3,(H,18,19);1H/t12-;/m1./s1. The Morgan fingerprint density at radius 1 is 1.55 bits per heavy atom. The lowest BCUT2D eigenvalue weighted by Crippen LogP contribution is -2.40. The molecule has 0 unspecified atom stereocenters. The van der Waals surface area contributed by atoms with Crippen molar-refractivity contribution in [2.24, 2.45) is 4.99 Å². The summed E-state index contributed by atoms with van der Waals surface area (Å²) < 4.78 is 13.7. The highest BCUT2D eigenvalue weighted by Crippen LogP contribution is 2.17. The fourth-order valence-corrected chi connectivity index (χ4v) is 2.77. The molecule has 1 saturated heterocycles. The topological polar surface area (TPSA) is 47.9 Å². The normalized spacial score (nSPS) is 18.3. The molecule has 0 saturated carbocycles. The van der Waals surface area contributed by atoms with Crippen LogP contribution in [0.1, 0.15) is 18.9 Å². The average molecular weight is 486 g/mol. The number of hydrogen-bond donors (Lipinski definition) is 2. The zero-order chi connectivity index (χ0) is 15.2. The monoisotopic (exact) mass is 485 g/mol. The van der Waals surface area contributed by atoms with Crippen LogP contribution in [-0.2, 0) is 6.42 Å². The van der Waals surface area contributed by atoms with E-state index >= 15 is 0 Å². The maximum Gasteiger partial charge on any atom is 0.194 e. The van der Waals surface area contributed by atoms with Gasteiger partial charge in [0.15, 0.2) is 5.96 Å². The number of guanidine groups is 1. The number of nitrogens with zero attached hydrogens (tertiary/aromatic N) is 2. The number of β-amino-alcohol motifs (C(OH)–C–C–N with tert-alkyl or cyclic N) is 1. The van der Waals surface area contributed by atoms with Gasteiger partial charge in [-0.25, -0.2) is 4.39 Å². The predicted molar refractivity (Wildman–Crippen MR) is 101 cm³/mol. The third kappa shape index (κ3) is 5.66. The quantitative estimate of drug-likeness (QED) is 0.391. The van der Waals surface area contributed by atoms with Gasteiger partial charge in [-0.1, -0.05) is 6.07 Å². The summed E-state index contributed by atoms with van der Waals surface area (Å²) in [5, 5.41) is 12.9. The van der Waals surface area contributed by atoms with Crippen LogP contribution in [0.3, 0.4) is 0 Å². The molecule has 0 spiro atoms. The molecule has 0 amide bonds. The molecule has 2 N–H and O–H groups in total. The molecule has 1 fully saturated rings. The lowest BCUT2D eigenvalue weighted by Gasteiger charge is -2.20. The zero-order valence-corrected chi connectivity index (χ0v) is 16.5. The van der Waals surface area contributed by atoms with Crippen molar-refractivity contribution in [1.29, 1.82) is 0 Å². The van der Waals surface area contributed by atoms with Crippen molar-refractivity contribution in [2.45, 2.75) is 25.9 Å². The first kappa shape index (κ1) is 19.6. The molecule has 1 aromatic rings. The van der Waals surface area contributed by atoms with Crippen LogP contribution < -0.4 is 5.32 Å². The number of hydrogen-bond acceptors (Lipinski definition) is 2. The number of halogens is 3. The second kappa shape index (κ2) is 9.67.